The van der Waals surface area contributed by atoms with E-state index in [4.69, 9.17) is 11.6 Å². The lowest BCUT2D eigenvalue weighted by molar-refractivity contribution is 0.319. The minimum Gasteiger partial charge on any atom is -0.311 e. The summed E-state index contributed by atoms with van der Waals surface area (Å²) in [6, 6.07) is 2.05. The van der Waals surface area contributed by atoms with Gasteiger partial charge < -0.3 is 5.32 Å². The number of hydrogen-bond donors (Lipinski definition) is 1. The van der Waals surface area contributed by atoms with Gasteiger partial charge in [-0.3, -0.25) is 4.68 Å². The molecule has 1 fully saturated rings. The van der Waals surface area contributed by atoms with E-state index in [1.165, 1.54) is 25.7 Å². The second kappa shape index (κ2) is 5.19. The van der Waals surface area contributed by atoms with Crippen LogP contribution in [0.2, 0.25) is 0 Å². The van der Waals surface area contributed by atoms with Gasteiger partial charge in [-0.05, 0) is 24.3 Å². The molecule has 1 aliphatic carbocycles. The van der Waals surface area contributed by atoms with Crippen LogP contribution in [0.15, 0.2) is 12.3 Å². The zero-order valence-corrected chi connectivity index (χ0v) is 10.6. The van der Waals surface area contributed by atoms with Crippen LogP contribution in [0.3, 0.4) is 0 Å². The molecule has 1 aromatic rings. The molecule has 90 valence electrons. The van der Waals surface area contributed by atoms with Crippen molar-refractivity contribution in [2.75, 3.05) is 12.4 Å². The average molecular weight is 242 g/mol. The van der Waals surface area contributed by atoms with E-state index in [1.54, 1.807) is 0 Å². The Labute approximate surface area is 102 Å². The minimum atomic E-state index is 0.344. The zero-order chi connectivity index (χ0) is 11.4. The number of nitrogens with zero attached hydrogens (tertiary/aromatic N) is 2. The zero-order valence-electron chi connectivity index (χ0n) is 9.88. The second-order valence-electron chi connectivity index (χ2n) is 4.93. The molecule has 1 aliphatic rings. The first kappa shape index (κ1) is 11.9. The van der Waals surface area contributed by atoms with Crippen molar-refractivity contribution in [3.8, 4) is 0 Å². The van der Waals surface area contributed by atoms with E-state index in [9.17, 15) is 0 Å². The molecule has 1 aromatic heterocycles. The van der Waals surface area contributed by atoms with Crippen molar-refractivity contribution < 1.29 is 0 Å². The van der Waals surface area contributed by atoms with Crippen LogP contribution in [0.5, 0.6) is 0 Å². The summed E-state index contributed by atoms with van der Waals surface area (Å²) in [6.45, 7) is 1.87. The Morgan fingerprint density at radius 2 is 2.25 bits per heavy atom. The lowest BCUT2D eigenvalue weighted by Crippen LogP contribution is -2.33. The molecule has 2 rings (SSSR count). The minimum absolute atomic E-state index is 0.344. The highest BCUT2D eigenvalue weighted by Crippen LogP contribution is 2.38. The molecule has 1 saturated carbocycles. The molecule has 1 N–H and O–H groups in total. The maximum atomic E-state index is 6.09. The highest BCUT2D eigenvalue weighted by molar-refractivity contribution is 6.18. The molecule has 0 radical (unpaired) electrons. The van der Waals surface area contributed by atoms with Gasteiger partial charge in [-0.1, -0.05) is 12.8 Å². The Hall–Kier alpha value is -0.540. The first-order chi connectivity index (χ1) is 7.74. The molecule has 16 heavy (non-hydrogen) atoms. The summed E-state index contributed by atoms with van der Waals surface area (Å²) in [6.07, 6.45) is 7.18. The van der Waals surface area contributed by atoms with E-state index in [-0.39, 0.29) is 0 Å². The van der Waals surface area contributed by atoms with E-state index >= 15 is 0 Å². The molecule has 0 spiro atoms. The number of alkyl halides is 1. The summed E-state index contributed by atoms with van der Waals surface area (Å²) in [5.74, 6) is 0.780. The number of halogens is 1. The number of aromatic nitrogens is 2. The third-order valence-electron chi connectivity index (χ3n) is 3.52. The van der Waals surface area contributed by atoms with Gasteiger partial charge in [0.2, 0.25) is 0 Å². The molecule has 1 heterocycles. The van der Waals surface area contributed by atoms with E-state index < -0.39 is 0 Å². The van der Waals surface area contributed by atoms with Crippen LogP contribution in [-0.4, -0.2) is 22.2 Å². The van der Waals surface area contributed by atoms with Gasteiger partial charge in [-0.2, -0.15) is 5.10 Å². The van der Waals surface area contributed by atoms with E-state index in [2.05, 4.69) is 16.5 Å². The van der Waals surface area contributed by atoms with Crippen LogP contribution in [0.1, 0.15) is 31.4 Å². The van der Waals surface area contributed by atoms with Gasteiger partial charge in [0.05, 0.1) is 5.69 Å². The van der Waals surface area contributed by atoms with E-state index in [1.807, 2.05) is 17.9 Å². The Morgan fingerprint density at radius 3 is 2.81 bits per heavy atom. The standard InChI is InChI=1S/C12H20ClN3/c1-16-7-4-11(15-16)8-14-10-12(9-13)5-2-3-6-12/h4,7,14H,2-3,5-6,8-10H2,1H3. The predicted octanol–water partition coefficient (Wildman–Crippen LogP) is 2.31. The lowest BCUT2D eigenvalue weighted by atomic mass is 9.88. The largest absolute Gasteiger partial charge is 0.311 e. The number of rotatable bonds is 5. The van der Waals surface area contributed by atoms with Gasteiger partial charge >= 0.3 is 0 Å². The molecule has 0 unspecified atom stereocenters. The summed E-state index contributed by atoms with van der Waals surface area (Å²) < 4.78 is 1.84. The van der Waals surface area contributed by atoms with Gasteiger partial charge in [0, 0.05) is 32.2 Å². The van der Waals surface area contributed by atoms with Gasteiger partial charge in [-0.15, -0.1) is 11.6 Å². The van der Waals surface area contributed by atoms with Gasteiger partial charge in [0.15, 0.2) is 0 Å². The van der Waals surface area contributed by atoms with Crippen molar-refractivity contribution in [1.29, 1.82) is 0 Å². The van der Waals surface area contributed by atoms with Crippen LogP contribution in [0.4, 0.5) is 0 Å². The van der Waals surface area contributed by atoms with Crippen molar-refractivity contribution in [1.82, 2.24) is 15.1 Å². The summed E-state index contributed by atoms with van der Waals surface area (Å²) in [7, 11) is 1.95. The normalized spacial score (nSPS) is 19.1. The smallest absolute Gasteiger partial charge is 0.0762 e. The van der Waals surface area contributed by atoms with Crippen molar-refractivity contribution in [3.63, 3.8) is 0 Å². The fraction of sp³-hybridized carbons (Fsp3) is 0.750. The maximum absolute atomic E-state index is 6.09. The first-order valence-electron chi connectivity index (χ1n) is 5.99. The molecule has 0 aliphatic heterocycles. The van der Waals surface area contributed by atoms with Crippen LogP contribution in [-0.2, 0) is 13.6 Å². The quantitative estimate of drug-likeness (QED) is 0.802. The van der Waals surface area contributed by atoms with E-state index in [0.717, 1.165) is 24.7 Å². The van der Waals surface area contributed by atoms with Gasteiger partial charge in [0.1, 0.15) is 0 Å². The molecule has 0 atom stereocenters. The van der Waals surface area contributed by atoms with Crippen LogP contribution in [0.25, 0.3) is 0 Å². The number of hydrogen-bond acceptors (Lipinski definition) is 2. The first-order valence-corrected chi connectivity index (χ1v) is 6.53. The molecule has 0 bridgehead atoms. The Bertz CT molecular complexity index is 329. The maximum Gasteiger partial charge on any atom is 0.0762 e. The number of nitrogens with one attached hydrogen (secondary N) is 1. The molecule has 4 heteroatoms. The number of aryl methyl sites for hydroxylation is 1. The molecule has 0 aromatic carbocycles. The lowest BCUT2D eigenvalue weighted by Gasteiger charge is -2.26. The average Bonchev–Trinajstić information content (AvgIpc) is 2.89. The van der Waals surface area contributed by atoms with Gasteiger partial charge in [0.25, 0.3) is 0 Å². The van der Waals surface area contributed by atoms with Gasteiger partial charge in [-0.25, -0.2) is 0 Å². The van der Waals surface area contributed by atoms with Crippen molar-refractivity contribution in [3.05, 3.63) is 18.0 Å². The molecule has 0 amide bonds. The monoisotopic (exact) mass is 241 g/mol. The SMILES string of the molecule is Cn1ccc(CNCC2(CCl)CCCC2)n1. The Balaban J connectivity index is 1.78. The summed E-state index contributed by atoms with van der Waals surface area (Å²) in [4.78, 5) is 0. The predicted molar refractivity (Wildman–Crippen MR) is 66.5 cm³/mol. The van der Waals surface area contributed by atoms with Crippen molar-refractivity contribution in [2.24, 2.45) is 12.5 Å². The van der Waals surface area contributed by atoms with E-state index in [0.29, 0.717) is 5.41 Å². The van der Waals surface area contributed by atoms with Crippen LogP contribution in [0, 0.1) is 5.41 Å². The molecule has 0 saturated heterocycles. The molecular formula is C12H20ClN3. The van der Waals surface area contributed by atoms with Crippen LogP contribution >= 0.6 is 11.6 Å². The summed E-state index contributed by atoms with van der Waals surface area (Å²) in [5, 5.41) is 7.83. The Morgan fingerprint density at radius 1 is 1.50 bits per heavy atom. The second-order valence-corrected chi connectivity index (χ2v) is 5.19. The van der Waals surface area contributed by atoms with Crippen molar-refractivity contribution >= 4 is 11.6 Å². The fourth-order valence-corrected chi connectivity index (χ4v) is 2.86. The third-order valence-corrected chi connectivity index (χ3v) is 4.09. The van der Waals surface area contributed by atoms with Crippen LogP contribution < -0.4 is 5.32 Å². The highest BCUT2D eigenvalue weighted by Gasteiger charge is 2.32. The molecule has 3 nitrogen and oxygen atoms in total. The topological polar surface area (TPSA) is 29.9 Å². The third kappa shape index (κ3) is 2.77. The summed E-state index contributed by atoms with van der Waals surface area (Å²) in [5.41, 5.74) is 1.45. The highest BCUT2D eigenvalue weighted by atomic mass is 35.5. The fourth-order valence-electron chi connectivity index (χ4n) is 2.50. The summed E-state index contributed by atoms with van der Waals surface area (Å²) >= 11 is 6.09. The molecular weight excluding hydrogens is 222 g/mol. The Kier molecular flexibility index (Phi) is 3.87. The van der Waals surface area contributed by atoms with Crippen molar-refractivity contribution in [2.45, 2.75) is 32.2 Å².